The minimum atomic E-state index is 0.0331. The summed E-state index contributed by atoms with van der Waals surface area (Å²) in [6, 6.07) is 11.8. The summed E-state index contributed by atoms with van der Waals surface area (Å²) >= 11 is 0. The van der Waals surface area contributed by atoms with Crippen LogP contribution < -0.4 is 0 Å². The van der Waals surface area contributed by atoms with E-state index < -0.39 is 0 Å². The van der Waals surface area contributed by atoms with Crippen molar-refractivity contribution in [2.45, 2.75) is 0 Å². The van der Waals surface area contributed by atoms with Crippen LogP contribution in [0.3, 0.4) is 0 Å². The third-order valence-corrected chi connectivity index (χ3v) is 2.48. The van der Waals surface area contributed by atoms with Gasteiger partial charge in [0.25, 0.3) is 0 Å². The van der Waals surface area contributed by atoms with Crippen LogP contribution in [-0.4, -0.2) is 15.1 Å². The summed E-state index contributed by atoms with van der Waals surface area (Å²) in [5.41, 5.74) is 0.765. The van der Waals surface area contributed by atoms with E-state index in [1.54, 1.807) is 0 Å². The Morgan fingerprint density at radius 2 is 1.67 bits per heavy atom. The molecule has 1 N–H and O–H groups in total. The molecule has 0 fully saturated rings. The van der Waals surface area contributed by atoms with E-state index >= 15 is 0 Å². The minimum absolute atomic E-state index is 0.0331. The summed E-state index contributed by atoms with van der Waals surface area (Å²) in [6.45, 7) is 0. The van der Waals surface area contributed by atoms with Crippen LogP contribution >= 0.6 is 0 Å². The molecule has 3 rings (SSSR count). The second kappa shape index (κ2) is 2.92. The predicted molar refractivity (Wildman–Crippen MR) is 58.7 cm³/mol. The Labute approximate surface area is 86.0 Å². The van der Waals surface area contributed by atoms with Gasteiger partial charge in [-0.05, 0) is 22.9 Å². The molecular formula is C12H8N2O. The molecule has 0 unspecified atom stereocenters. The van der Waals surface area contributed by atoms with E-state index in [-0.39, 0.29) is 5.88 Å². The standard InChI is InChI=1S/C12H8N2O/c15-12-10-5-8-3-1-2-4-9(8)6-11(10)13-7-14-12/h1-7H,(H,13,14,15). The maximum Gasteiger partial charge on any atom is 0.221 e. The maximum absolute atomic E-state index is 9.58. The van der Waals surface area contributed by atoms with Gasteiger partial charge in [0.1, 0.15) is 6.33 Å². The van der Waals surface area contributed by atoms with Gasteiger partial charge in [-0.25, -0.2) is 9.97 Å². The Kier molecular flexibility index (Phi) is 1.59. The molecule has 0 aliphatic rings. The highest BCUT2D eigenvalue weighted by molar-refractivity contribution is 5.98. The summed E-state index contributed by atoms with van der Waals surface area (Å²) in [5.74, 6) is 0.0331. The molecule has 0 bridgehead atoms. The monoisotopic (exact) mass is 196 g/mol. The third kappa shape index (κ3) is 1.21. The fourth-order valence-corrected chi connectivity index (χ4v) is 1.73. The molecule has 0 saturated carbocycles. The van der Waals surface area contributed by atoms with Gasteiger partial charge in [0.2, 0.25) is 5.88 Å². The molecule has 0 radical (unpaired) electrons. The van der Waals surface area contributed by atoms with E-state index in [1.807, 2.05) is 36.4 Å². The van der Waals surface area contributed by atoms with Gasteiger partial charge in [-0.3, -0.25) is 0 Å². The van der Waals surface area contributed by atoms with Crippen molar-refractivity contribution in [1.82, 2.24) is 9.97 Å². The van der Waals surface area contributed by atoms with Crippen LogP contribution in [0.2, 0.25) is 0 Å². The van der Waals surface area contributed by atoms with Gasteiger partial charge in [0, 0.05) is 0 Å². The summed E-state index contributed by atoms with van der Waals surface area (Å²) in [4.78, 5) is 7.88. The first kappa shape index (κ1) is 8.17. The van der Waals surface area contributed by atoms with Crippen molar-refractivity contribution in [3.8, 4) is 5.88 Å². The third-order valence-electron chi connectivity index (χ3n) is 2.48. The Hall–Kier alpha value is -2.16. The zero-order valence-corrected chi connectivity index (χ0v) is 7.88. The molecule has 0 amide bonds. The van der Waals surface area contributed by atoms with Crippen LogP contribution in [-0.2, 0) is 0 Å². The molecule has 2 aromatic carbocycles. The molecule has 1 heterocycles. The van der Waals surface area contributed by atoms with Crippen molar-refractivity contribution < 1.29 is 5.11 Å². The quantitative estimate of drug-likeness (QED) is 0.562. The lowest BCUT2D eigenvalue weighted by atomic mass is 10.1. The number of aromatic nitrogens is 2. The molecule has 3 aromatic rings. The van der Waals surface area contributed by atoms with Crippen molar-refractivity contribution in [2.24, 2.45) is 0 Å². The van der Waals surface area contributed by atoms with Gasteiger partial charge in [-0.1, -0.05) is 24.3 Å². The first-order chi connectivity index (χ1) is 7.34. The molecule has 0 aliphatic heterocycles. The van der Waals surface area contributed by atoms with E-state index in [4.69, 9.17) is 0 Å². The highest BCUT2D eigenvalue weighted by Crippen LogP contribution is 2.25. The van der Waals surface area contributed by atoms with Gasteiger partial charge in [-0.2, -0.15) is 0 Å². The van der Waals surface area contributed by atoms with Crippen LogP contribution in [0.25, 0.3) is 21.7 Å². The number of aromatic hydroxyl groups is 1. The van der Waals surface area contributed by atoms with Gasteiger partial charge in [-0.15, -0.1) is 0 Å². The second-order valence-electron chi connectivity index (χ2n) is 3.41. The number of benzene rings is 2. The lowest BCUT2D eigenvalue weighted by molar-refractivity contribution is 0.459. The first-order valence-corrected chi connectivity index (χ1v) is 4.67. The molecular weight excluding hydrogens is 188 g/mol. The van der Waals surface area contributed by atoms with E-state index in [0.717, 1.165) is 16.3 Å². The van der Waals surface area contributed by atoms with Crippen molar-refractivity contribution in [3.05, 3.63) is 42.7 Å². The highest BCUT2D eigenvalue weighted by Gasteiger charge is 2.03. The van der Waals surface area contributed by atoms with Gasteiger partial charge < -0.3 is 5.11 Å². The molecule has 3 nitrogen and oxygen atoms in total. The van der Waals surface area contributed by atoms with E-state index in [2.05, 4.69) is 9.97 Å². The Morgan fingerprint density at radius 1 is 0.933 bits per heavy atom. The zero-order valence-electron chi connectivity index (χ0n) is 7.88. The van der Waals surface area contributed by atoms with Gasteiger partial charge in [0.05, 0.1) is 10.9 Å². The number of rotatable bonds is 0. The number of nitrogens with zero attached hydrogens (tertiary/aromatic N) is 2. The molecule has 1 aromatic heterocycles. The fraction of sp³-hybridized carbons (Fsp3) is 0. The maximum atomic E-state index is 9.58. The second-order valence-corrected chi connectivity index (χ2v) is 3.41. The van der Waals surface area contributed by atoms with E-state index in [1.165, 1.54) is 6.33 Å². The Morgan fingerprint density at radius 3 is 2.47 bits per heavy atom. The summed E-state index contributed by atoms with van der Waals surface area (Å²) < 4.78 is 0. The SMILES string of the molecule is Oc1ncnc2cc3ccccc3cc12. The average Bonchev–Trinajstić information content (AvgIpc) is 2.27. The fourth-order valence-electron chi connectivity index (χ4n) is 1.73. The van der Waals surface area contributed by atoms with Gasteiger partial charge >= 0.3 is 0 Å². The Balaban J connectivity index is 2.53. The zero-order chi connectivity index (χ0) is 10.3. The smallest absolute Gasteiger partial charge is 0.221 e. The lowest BCUT2D eigenvalue weighted by Crippen LogP contribution is -1.83. The van der Waals surface area contributed by atoms with Crippen molar-refractivity contribution in [1.29, 1.82) is 0 Å². The molecule has 72 valence electrons. The van der Waals surface area contributed by atoms with Gasteiger partial charge in [0.15, 0.2) is 0 Å². The van der Waals surface area contributed by atoms with Crippen molar-refractivity contribution in [3.63, 3.8) is 0 Å². The van der Waals surface area contributed by atoms with Crippen LogP contribution in [0.4, 0.5) is 0 Å². The number of hydrogen-bond acceptors (Lipinski definition) is 3. The predicted octanol–water partition coefficient (Wildman–Crippen LogP) is 2.49. The van der Waals surface area contributed by atoms with Crippen LogP contribution in [0.5, 0.6) is 5.88 Å². The molecule has 15 heavy (non-hydrogen) atoms. The van der Waals surface area contributed by atoms with Crippen LogP contribution in [0, 0.1) is 0 Å². The minimum Gasteiger partial charge on any atom is -0.493 e. The molecule has 0 atom stereocenters. The van der Waals surface area contributed by atoms with Crippen molar-refractivity contribution >= 4 is 21.7 Å². The van der Waals surface area contributed by atoms with Crippen LogP contribution in [0.15, 0.2) is 42.7 Å². The summed E-state index contributed by atoms with van der Waals surface area (Å²) in [5, 5.41) is 12.5. The van der Waals surface area contributed by atoms with Crippen LogP contribution in [0.1, 0.15) is 0 Å². The Bertz CT molecular complexity index is 649. The molecule has 0 aliphatic carbocycles. The van der Waals surface area contributed by atoms with E-state index in [0.29, 0.717) is 5.39 Å². The first-order valence-electron chi connectivity index (χ1n) is 4.67. The highest BCUT2D eigenvalue weighted by atomic mass is 16.3. The lowest BCUT2D eigenvalue weighted by Gasteiger charge is -2.01. The average molecular weight is 196 g/mol. The molecule has 0 saturated heterocycles. The summed E-state index contributed by atoms with van der Waals surface area (Å²) in [6.07, 6.45) is 1.37. The molecule has 3 heteroatoms. The topological polar surface area (TPSA) is 46.0 Å². The molecule has 0 spiro atoms. The normalized spacial score (nSPS) is 10.9. The number of fused-ring (bicyclic) bond motifs is 2. The van der Waals surface area contributed by atoms with Crippen molar-refractivity contribution in [2.75, 3.05) is 0 Å². The summed E-state index contributed by atoms with van der Waals surface area (Å²) in [7, 11) is 0. The number of hydrogen-bond donors (Lipinski definition) is 1. The largest absolute Gasteiger partial charge is 0.493 e. The van der Waals surface area contributed by atoms with E-state index in [9.17, 15) is 5.11 Å².